The first kappa shape index (κ1) is 14.5. The lowest BCUT2D eigenvalue weighted by molar-refractivity contribution is 0.178. The van der Waals surface area contributed by atoms with Gasteiger partial charge in [-0.2, -0.15) is 0 Å². The standard InChI is InChI=1S/C19H17FN2OS/c20-14-2-3-16-17(9-21-18(16)8-14)12-1-4-19-13(7-12)10-22(24-19)15-5-6-23-11-15/h1-4,7-9,15,21H,5-6,10-11H2/t15-/m0/s1. The molecule has 3 aromatic rings. The fourth-order valence-corrected chi connectivity index (χ4v) is 4.72. The maximum absolute atomic E-state index is 13.4. The molecule has 0 bridgehead atoms. The van der Waals surface area contributed by atoms with Gasteiger partial charge in [0.15, 0.2) is 0 Å². The highest BCUT2D eigenvalue weighted by molar-refractivity contribution is 7.97. The topological polar surface area (TPSA) is 28.3 Å². The van der Waals surface area contributed by atoms with Crippen molar-refractivity contribution in [2.75, 3.05) is 13.2 Å². The Morgan fingerprint density at radius 2 is 2.17 bits per heavy atom. The molecule has 0 unspecified atom stereocenters. The van der Waals surface area contributed by atoms with Gasteiger partial charge < -0.3 is 9.72 Å². The van der Waals surface area contributed by atoms with Crippen LogP contribution in [-0.4, -0.2) is 28.5 Å². The van der Waals surface area contributed by atoms with E-state index >= 15 is 0 Å². The lowest BCUT2D eigenvalue weighted by Gasteiger charge is -2.19. The maximum atomic E-state index is 13.4. The third-order valence-corrected chi connectivity index (χ3v) is 6.13. The van der Waals surface area contributed by atoms with Gasteiger partial charge in [-0.1, -0.05) is 6.07 Å². The molecule has 2 aliphatic heterocycles. The minimum Gasteiger partial charge on any atom is -0.380 e. The van der Waals surface area contributed by atoms with Crippen molar-refractivity contribution < 1.29 is 9.13 Å². The van der Waals surface area contributed by atoms with E-state index in [2.05, 4.69) is 27.5 Å². The van der Waals surface area contributed by atoms with Crippen molar-refractivity contribution in [1.29, 1.82) is 0 Å². The first-order valence-corrected chi connectivity index (χ1v) is 8.97. The Hall–Kier alpha value is -1.82. The zero-order chi connectivity index (χ0) is 16.1. The van der Waals surface area contributed by atoms with Crippen molar-refractivity contribution in [2.45, 2.75) is 23.9 Å². The molecule has 3 heterocycles. The van der Waals surface area contributed by atoms with E-state index in [1.54, 1.807) is 6.07 Å². The summed E-state index contributed by atoms with van der Waals surface area (Å²) in [5.74, 6) is -0.212. The molecule has 1 aromatic heterocycles. The predicted octanol–water partition coefficient (Wildman–Crippen LogP) is 4.59. The van der Waals surface area contributed by atoms with Gasteiger partial charge in [-0.25, -0.2) is 8.70 Å². The van der Waals surface area contributed by atoms with Crippen molar-refractivity contribution in [3.63, 3.8) is 0 Å². The van der Waals surface area contributed by atoms with E-state index < -0.39 is 0 Å². The quantitative estimate of drug-likeness (QED) is 0.692. The third-order valence-electron chi connectivity index (χ3n) is 4.87. The number of aromatic amines is 1. The van der Waals surface area contributed by atoms with Gasteiger partial charge in [0.25, 0.3) is 0 Å². The molecular formula is C19H17FN2OS. The van der Waals surface area contributed by atoms with Gasteiger partial charge in [-0.05, 0) is 59.8 Å². The fourth-order valence-electron chi connectivity index (χ4n) is 3.58. The summed E-state index contributed by atoms with van der Waals surface area (Å²) in [6, 6.07) is 12.1. The smallest absolute Gasteiger partial charge is 0.125 e. The molecule has 1 atom stereocenters. The molecule has 1 saturated heterocycles. The van der Waals surface area contributed by atoms with Gasteiger partial charge in [-0.3, -0.25) is 0 Å². The Bertz CT molecular complexity index is 917. The van der Waals surface area contributed by atoms with E-state index in [1.165, 1.54) is 22.1 Å². The highest BCUT2D eigenvalue weighted by Crippen LogP contribution is 2.41. The predicted molar refractivity (Wildman–Crippen MR) is 94.3 cm³/mol. The summed E-state index contributed by atoms with van der Waals surface area (Å²) in [5.41, 5.74) is 4.50. The van der Waals surface area contributed by atoms with Gasteiger partial charge in [0.2, 0.25) is 0 Å². The molecule has 0 spiro atoms. The first-order chi connectivity index (χ1) is 11.8. The Balaban J connectivity index is 1.49. The lowest BCUT2D eigenvalue weighted by atomic mass is 10.0. The Morgan fingerprint density at radius 1 is 1.21 bits per heavy atom. The largest absolute Gasteiger partial charge is 0.380 e. The van der Waals surface area contributed by atoms with Gasteiger partial charge in [0.1, 0.15) is 5.82 Å². The van der Waals surface area contributed by atoms with Crippen LogP contribution in [0.5, 0.6) is 0 Å². The number of nitrogens with zero attached hydrogens (tertiary/aromatic N) is 1. The highest BCUT2D eigenvalue weighted by Gasteiger charge is 2.29. The monoisotopic (exact) mass is 340 g/mol. The molecule has 0 aliphatic carbocycles. The summed E-state index contributed by atoms with van der Waals surface area (Å²) in [7, 11) is 0. The molecule has 0 saturated carbocycles. The zero-order valence-corrected chi connectivity index (χ0v) is 13.9. The minimum absolute atomic E-state index is 0.212. The van der Waals surface area contributed by atoms with Crippen LogP contribution in [0.15, 0.2) is 47.5 Å². The second-order valence-electron chi connectivity index (χ2n) is 6.40. The number of hydrogen-bond donors (Lipinski definition) is 1. The zero-order valence-electron chi connectivity index (χ0n) is 13.1. The molecule has 3 nitrogen and oxygen atoms in total. The maximum Gasteiger partial charge on any atom is 0.125 e. The van der Waals surface area contributed by atoms with Crippen LogP contribution >= 0.6 is 11.9 Å². The van der Waals surface area contributed by atoms with E-state index in [0.717, 1.165) is 42.6 Å². The van der Waals surface area contributed by atoms with Crippen molar-refractivity contribution >= 4 is 22.9 Å². The summed E-state index contributed by atoms with van der Waals surface area (Å²) in [5, 5.41) is 1.06. The van der Waals surface area contributed by atoms with Crippen LogP contribution < -0.4 is 0 Å². The normalized spacial score (nSPS) is 20.8. The number of hydrogen-bond acceptors (Lipinski definition) is 3. The van der Waals surface area contributed by atoms with Crippen molar-refractivity contribution in [3.05, 3.63) is 54.0 Å². The van der Waals surface area contributed by atoms with Gasteiger partial charge in [-0.15, -0.1) is 0 Å². The molecular weight excluding hydrogens is 323 g/mol. The minimum atomic E-state index is -0.212. The van der Waals surface area contributed by atoms with Crippen LogP contribution in [0.25, 0.3) is 22.0 Å². The number of H-pyrrole nitrogens is 1. The van der Waals surface area contributed by atoms with Crippen molar-refractivity contribution in [3.8, 4) is 11.1 Å². The summed E-state index contributed by atoms with van der Waals surface area (Å²) in [4.78, 5) is 4.51. The molecule has 2 aliphatic rings. The van der Waals surface area contributed by atoms with Crippen molar-refractivity contribution in [1.82, 2.24) is 9.29 Å². The number of ether oxygens (including phenoxy) is 1. The lowest BCUT2D eigenvalue weighted by Crippen LogP contribution is -2.26. The van der Waals surface area contributed by atoms with Gasteiger partial charge >= 0.3 is 0 Å². The van der Waals surface area contributed by atoms with Crippen LogP contribution in [0.3, 0.4) is 0 Å². The van der Waals surface area contributed by atoms with E-state index in [1.807, 2.05) is 24.2 Å². The van der Waals surface area contributed by atoms with Crippen LogP contribution in [0, 0.1) is 5.82 Å². The molecule has 1 fully saturated rings. The molecule has 5 heteroatoms. The van der Waals surface area contributed by atoms with E-state index in [0.29, 0.717) is 6.04 Å². The molecule has 24 heavy (non-hydrogen) atoms. The molecule has 1 N–H and O–H groups in total. The van der Waals surface area contributed by atoms with Crippen LogP contribution in [0.4, 0.5) is 4.39 Å². The van der Waals surface area contributed by atoms with Gasteiger partial charge in [0, 0.05) is 46.8 Å². The Morgan fingerprint density at radius 3 is 3.04 bits per heavy atom. The first-order valence-electron chi connectivity index (χ1n) is 8.20. The summed E-state index contributed by atoms with van der Waals surface area (Å²) in [6.07, 6.45) is 3.08. The fraction of sp³-hybridized carbons (Fsp3) is 0.263. The number of rotatable bonds is 2. The van der Waals surface area contributed by atoms with E-state index in [9.17, 15) is 4.39 Å². The SMILES string of the molecule is Fc1ccc2c(-c3ccc4c(c3)CN([C@H]3CCOC3)S4)c[nH]c2c1. The average Bonchev–Trinajstić information content (AvgIpc) is 3.32. The number of aromatic nitrogens is 1. The molecule has 0 amide bonds. The molecule has 5 rings (SSSR count). The second-order valence-corrected chi connectivity index (χ2v) is 7.49. The van der Waals surface area contributed by atoms with Crippen LogP contribution in [0.2, 0.25) is 0 Å². The highest BCUT2D eigenvalue weighted by atomic mass is 32.2. The van der Waals surface area contributed by atoms with E-state index in [4.69, 9.17) is 4.74 Å². The number of benzene rings is 2. The average molecular weight is 340 g/mol. The number of nitrogens with one attached hydrogen (secondary N) is 1. The molecule has 2 aromatic carbocycles. The molecule has 0 radical (unpaired) electrons. The summed E-state index contributed by atoms with van der Waals surface area (Å²) < 4.78 is 21.3. The molecule has 122 valence electrons. The number of fused-ring (bicyclic) bond motifs is 2. The third kappa shape index (κ3) is 2.35. The second kappa shape index (κ2) is 5.62. The number of halogens is 1. The van der Waals surface area contributed by atoms with Crippen LogP contribution in [-0.2, 0) is 11.3 Å². The van der Waals surface area contributed by atoms with E-state index in [-0.39, 0.29) is 5.82 Å². The van der Waals surface area contributed by atoms with Crippen molar-refractivity contribution in [2.24, 2.45) is 0 Å². The van der Waals surface area contributed by atoms with Gasteiger partial charge in [0.05, 0.1) is 6.61 Å². The summed E-state index contributed by atoms with van der Waals surface area (Å²) in [6.45, 7) is 2.66. The Kier molecular flexibility index (Phi) is 3.40. The Labute approximate surface area is 143 Å². The summed E-state index contributed by atoms with van der Waals surface area (Å²) >= 11 is 1.84. The van der Waals surface area contributed by atoms with Crippen LogP contribution in [0.1, 0.15) is 12.0 Å².